The number of amides is 1. The molecule has 0 atom stereocenters. The lowest BCUT2D eigenvalue weighted by atomic mass is 10.2. The fourth-order valence-corrected chi connectivity index (χ4v) is 5.22. The van der Waals surface area contributed by atoms with Gasteiger partial charge in [-0.3, -0.25) is 9.69 Å². The van der Waals surface area contributed by atoms with Gasteiger partial charge in [-0.15, -0.1) is 0 Å². The lowest BCUT2D eigenvalue weighted by Crippen LogP contribution is -2.27. The molecule has 1 heterocycles. The maximum atomic E-state index is 13.1. The molecule has 1 aliphatic rings. The fourth-order valence-electron chi connectivity index (χ4n) is 2.89. The zero-order chi connectivity index (χ0) is 21.1. The van der Waals surface area contributed by atoms with Crippen LogP contribution in [0.25, 0.3) is 6.08 Å². The van der Waals surface area contributed by atoms with E-state index in [1.165, 1.54) is 11.8 Å². The number of benzene rings is 3. The van der Waals surface area contributed by atoms with Gasteiger partial charge in [-0.2, -0.15) is 0 Å². The molecule has 3 aromatic carbocycles. The Bertz CT molecular complexity index is 1130. The van der Waals surface area contributed by atoms with Crippen LogP contribution in [0.5, 0.6) is 5.75 Å². The third-order valence-electron chi connectivity index (χ3n) is 4.37. The number of hydrogen-bond acceptors (Lipinski definition) is 5. The summed E-state index contributed by atoms with van der Waals surface area (Å²) in [7, 11) is 1.61. The van der Waals surface area contributed by atoms with E-state index < -0.39 is 0 Å². The van der Waals surface area contributed by atoms with Crippen molar-refractivity contribution < 1.29 is 9.53 Å². The smallest absolute Gasteiger partial charge is 0.270 e. The summed E-state index contributed by atoms with van der Waals surface area (Å²) < 4.78 is 5.70. The third-order valence-corrected chi connectivity index (χ3v) is 7.03. The molecule has 0 radical (unpaired) electrons. The van der Waals surface area contributed by atoms with Crippen molar-refractivity contribution in [3.8, 4) is 5.75 Å². The number of rotatable bonds is 5. The van der Waals surface area contributed by atoms with E-state index in [9.17, 15) is 4.79 Å². The first kappa shape index (κ1) is 21.0. The van der Waals surface area contributed by atoms with E-state index in [-0.39, 0.29) is 5.91 Å². The van der Waals surface area contributed by atoms with Gasteiger partial charge in [0.15, 0.2) is 4.32 Å². The molecule has 0 unspecified atom stereocenters. The van der Waals surface area contributed by atoms with Gasteiger partial charge in [-0.05, 0) is 66.2 Å². The summed E-state index contributed by atoms with van der Waals surface area (Å²) >= 11 is 14.4. The highest BCUT2D eigenvalue weighted by Gasteiger charge is 2.33. The second-order valence-electron chi connectivity index (χ2n) is 6.31. The van der Waals surface area contributed by atoms with Crippen LogP contribution in [0.3, 0.4) is 0 Å². The molecule has 3 nitrogen and oxygen atoms in total. The second-order valence-corrected chi connectivity index (χ2v) is 9.54. The Kier molecular flexibility index (Phi) is 6.49. The highest BCUT2D eigenvalue weighted by Crippen LogP contribution is 2.38. The van der Waals surface area contributed by atoms with Crippen LogP contribution in [0.15, 0.2) is 87.5 Å². The molecule has 1 amide bonds. The van der Waals surface area contributed by atoms with Crippen molar-refractivity contribution in [3.05, 3.63) is 88.3 Å². The Morgan fingerprint density at radius 1 is 1.03 bits per heavy atom. The molecule has 0 spiro atoms. The lowest BCUT2D eigenvalue weighted by Gasteiger charge is -2.14. The molecule has 1 fully saturated rings. The molecular formula is C23H16ClNO2S3. The number of hydrogen-bond donors (Lipinski definition) is 0. The van der Waals surface area contributed by atoms with Crippen LogP contribution in [-0.2, 0) is 4.79 Å². The summed E-state index contributed by atoms with van der Waals surface area (Å²) in [6, 6.07) is 23.0. The molecular weight excluding hydrogens is 454 g/mol. The van der Waals surface area contributed by atoms with E-state index in [1.54, 1.807) is 23.8 Å². The zero-order valence-electron chi connectivity index (χ0n) is 15.9. The first-order valence-electron chi connectivity index (χ1n) is 8.99. The van der Waals surface area contributed by atoms with Crippen LogP contribution in [0.4, 0.5) is 5.69 Å². The van der Waals surface area contributed by atoms with Crippen LogP contribution in [-0.4, -0.2) is 17.3 Å². The number of thioether (sulfide) groups is 1. The van der Waals surface area contributed by atoms with Crippen LogP contribution in [0, 0.1) is 0 Å². The molecule has 0 N–H and O–H groups in total. The normalized spacial score (nSPS) is 15.1. The highest BCUT2D eigenvalue weighted by molar-refractivity contribution is 8.27. The molecule has 7 heteroatoms. The Morgan fingerprint density at radius 3 is 2.43 bits per heavy atom. The summed E-state index contributed by atoms with van der Waals surface area (Å²) in [5.74, 6) is 0.606. The second kappa shape index (κ2) is 9.27. The van der Waals surface area contributed by atoms with Gasteiger partial charge >= 0.3 is 0 Å². The van der Waals surface area contributed by atoms with Gasteiger partial charge in [0.2, 0.25) is 0 Å². The number of carbonyl (C=O) groups excluding carboxylic acids is 1. The number of halogens is 1. The number of nitrogens with zero attached hydrogens (tertiary/aromatic N) is 1. The maximum Gasteiger partial charge on any atom is 0.270 e. The van der Waals surface area contributed by atoms with Gasteiger partial charge in [-0.25, -0.2) is 0 Å². The van der Waals surface area contributed by atoms with E-state index in [0.29, 0.717) is 14.2 Å². The van der Waals surface area contributed by atoms with Crippen molar-refractivity contribution in [2.75, 3.05) is 12.0 Å². The first-order chi connectivity index (χ1) is 14.5. The minimum Gasteiger partial charge on any atom is -0.497 e. The van der Waals surface area contributed by atoms with Crippen molar-refractivity contribution in [1.29, 1.82) is 0 Å². The number of ether oxygens (including phenoxy) is 1. The fraction of sp³-hybridized carbons (Fsp3) is 0.0435. The van der Waals surface area contributed by atoms with Gasteiger partial charge < -0.3 is 4.74 Å². The van der Waals surface area contributed by atoms with Gasteiger partial charge in [0.1, 0.15) is 5.75 Å². The zero-order valence-corrected chi connectivity index (χ0v) is 19.1. The van der Waals surface area contributed by atoms with E-state index in [4.69, 9.17) is 28.6 Å². The van der Waals surface area contributed by atoms with Crippen LogP contribution < -0.4 is 9.64 Å². The predicted octanol–water partition coefficient (Wildman–Crippen LogP) is 6.91. The lowest BCUT2D eigenvalue weighted by molar-refractivity contribution is -0.113. The molecule has 0 bridgehead atoms. The molecule has 1 aliphatic heterocycles. The molecule has 150 valence electrons. The van der Waals surface area contributed by atoms with Crippen LogP contribution in [0.2, 0.25) is 5.02 Å². The monoisotopic (exact) mass is 469 g/mol. The van der Waals surface area contributed by atoms with Gasteiger partial charge in [0, 0.05) is 14.8 Å². The average molecular weight is 470 g/mol. The van der Waals surface area contributed by atoms with Crippen LogP contribution >= 0.6 is 47.3 Å². The molecule has 0 aromatic heterocycles. The largest absolute Gasteiger partial charge is 0.497 e. The predicted molar refractivity (Wildman–Crippen MR) is 131 cm³/mol. The summed E-state index contributed by atoms with van der Waals surface area (Å²) in [5, 5.41) is 0.704. The first-order valence-corrected chi connectivity index (χ1v) is 11.4. The minimum absolute atomic E-state index is 0.124. The molecule has 4 rings (SSSR count). The molecule has 0 saturated carbocycles. The minimum atomic E-state index is -0.124. The SMILES string of the molecule is COc1ccc(N2C(=O)/C(=C\c3ccccc3Sc3ccc(Cl)cc3)SC2=S)cc1. The Morgan fingerprint density at radius 2 is 1.73 bits per heavy atom. The number of carbonyl (C=O) groups is 1. The standard InChI is InChI=1S/C23H16ClNO2S3/c1-27-18-10-8-17(9-11-18)25-22(26)21(30-23(25)28)14-15-4-2-3-5-20(15)29-19-12-6-16(24)7-13-19/h2-14H,1H3/b21-14+. The number of methoxy groups -OCH3 is 1. The van der Waals surface area contributed by atoms with Crippen molar-refractivity contribution in [3.63, 3.8) is 0 Å². The topological polar surface area (TPSA) is 29.5 Å². The summed E-state index contributed by atoms with van der Waals surface area (Å²) in [5.41, 5.74) is 1.69. The summed E-state index contributed by atoms with van der Waals surface area (Å²) in [4.78, 5) is 17.4. The molecule has 30 heavy (non-hydrogen) atoms. The maximum absolute atomic E-state index is 13.1. The van der Waals surface area contributed by atoms with Crippen LogP contribution in [0.1, 0.15) is 5.56 Å². The van der Waals surface area contributed by atoms with E-state index in [0.717, 1.165) is 26.8 Å². The van der Waals surface area contributed by atoms with E-state index >= 15 is 0 Å². The van der Waals surface area contributed by atoms with Gasteiger partial charge in [0.05, 0.1) is 17.7 Å². The highest BCUT2D eigenvalue weighted by atomic mass is 35.5. The van der Waals surface area contributed by atoms with Crippen molar-refractivity contribution in [2.45, 2.75) is 9.79 Å². The average Bonchev–Trinajstić information content (AvgIpc) is 3.04. The summed E-state index contributed by atoms with van der Waals surface area (Å²) in [6.07, 6.45) is 1.90. The number of thiocarbonyl (C=S) groups is 1. The summed E-state index contributed by atoms with van der Waals surface area (Å²) in [6.45, 7) is 0. The van der Waals surface area contributed by atoms with E-state index in [1.807, 2.05) is 78.9 Å². The Hall–Kier alpha value is -2.25. The van der Waals surface area contributed by atoms with Gasteiger partial charge in [0.25, 0.3) is 5.91 Å². The van der Waals surface area contributed by atoms with Crippen molar-refractivity contribution in [2.24, 2.45) is 0 Å². The number of anilines is 1. The van der Waals surface area contributed by atoms with E-state index in [2.05, 4.69) is 0 Å². The van der Waals surface area contributed by atoms with Crippen molar-refractivity contribution >= 4 is 69.3 Å². The molecule has 1 saturated heterocycles. The third kappa shape index (κ3) is 4.57. The quantitative estimate of drug-likeness (QED) is 0.299. The molecule has 3 aromatic rings. The Labute approximate surface area is 194 Å². The molecule has 0 aliphatic carbocycles. The van der Waals surface area contributed by atoms with Crippen molar-refractivity contribution in [1.82, 2.24) is 0 Å². The Balaban J connectivity index is 1.61. The van der Waals surface area contributed by atoms with Gasteiger partial charge in [-0.1, -0.05) is 65.5 Å².